The molecule has 1 amide bonds. The van der Waals surface area contributed by atoms with E-state index in [0.29, 0.717) is 6.54 Å². The molecule has 1 unspecified atom stereocenters. The van der Waals surface area contributed by atoms with E-state index in [0.717, 1.165) is 19.6 Å². The van der Waals surface area contributed by atoms with Crippen molar-refractivity contribution in [2.75, 3.05) is 26.2 Å². The number of carbonyl (C=O) groups excluding carboxylic acids is 1. The van der Waals surface area contributed by atoms with Crippen LogP contribution < -0.4 is 11.1 Å². The molecule has 0 aromatic heterocycles. The number of rotatable bonds is 8. The minimum absolute atomic E-state index is 0.0559. The second-order valence-corrected chi connectivity index (χ2v) is 4.91. The summed E-state index contributed by atoms with van der Waals surface area (Å²) in [5, 5.41) is 2.90. The maximum absolute atomic E-state index is 11.9. The van der Waals surface area contributed by atoms with Gasteiger partial charge < -0.3 is 16.0 Å². The van der Waals surface area contributed by atoms with Crippen LogP contribution in [-0.4, -0.2) is 42.0 Å². The fourth-order valence-electron chi connectivity index (χ4n) is 1.75. The molecule has 0 rings (SSSR count). The number of thiocarbonyl (C=S) groups is 1. The van der Waals surface area contributed by atoms with Crippen molar-refractivity contribution in [3.63, 3.8) is 0 Å². The average molecular weight is 259 g/mol. The number of nitrogens with one attached hydrogen (secondary N) is 1. The lowest BCUT2D eigenvalue weighted by Gasteiger charge is -2.21. The smallest absolute Gasteiger partial charge is 0.230 e. The summed E-state index contributed by atoms with van der Waals surface area (Å²) in [6.07, 6.45) is 0. The highest BCUT2D eigenvalue weighted by atomic mass is 32.1. The van der Waals surface area contributed by atoms with E-state index in [1.54, 1.807) is 0 Å². The molecule has 0 aliphatic carbocycles. The normalized spacial score (nSPS) is 12.8. The number of hydrogen-bond acceptors (Lipinski definition) is 3. The molecule has 0 aromatic rings. The fourth-order valence-corrected chi connectivity index (χ4v) is 2.13. The van der Waals surface area contributed by atoms with E-state index in [4.69, 9.17) is 18.0 Å². The number of hydrogen-bond donors (Lipinski definition) is 2. The van der Waals surface area contributed by atoms with Gasteiger partial charge in [0.05, 0.1) is 10.9 Å². The van der Waals surface area contributed by atoms with E-state index in [9.17, 15) is 4.79 Å². The maximum atomic E-state index is 11.9. The molecule has 0 bridgehead atoms. The molecule has 0 fully saturated rings. The van der Waals surface area contributed by atoms with Gasteiger partial charge in [-0.25, -0.2) is 0 Å². The Bertz CT molecular complexity index is 252. The second kappa shape index (κ2) is 8.42. The summed E-state index contributed by atoms with van der Waals surface area (Å²) in [4.78, 5) is 14.4. The van der Waals surface area contributed by atoms with Crippen LogP contribution in [0.3, 0.4) is 0 Å². The van der Waals surface area contributed by atoms with E-state index in [-0.39, 0.29) is 22.7 Å². The SMILES string of the molecule is CCN(CC)CCNC(=O)C(C(N)=S)C(C)C. The summed E-state index contributed by atoms with van der Waals surface area (Å²) in [7, 11) is 0. The third-order valence-corrected chi connectivity index (χ3v) is 3.13. The van der Waals surface area contributed by atoms with E-state index in [2.05, 4.69) is 24.1 Å². The number of nitrogens with two attached hydrogens (primary N) is 1. The Morgan fingerprint density at radius 1 is 1.35 bits per heavy atom. The molecule has 0 spiro atoms. The van der Waals surface area contributed by atoms with Crippen LogP contribution in [0.5, 0.6) is 0 Å². The van der Waals surface area contributed by atoms with Crippen LogP contribution >= 0.6 is 12.2 Å². The molecule has 0 aliphatic heterocycles. The molecule has 0 aromatic carbocycles. The summed E-state index contributed by atoms with van der Waals surface area (Å²) in [6.45, 7) is 11.6. The van der Waals surface area contributed by atoms with Crippen molar-refractivity contribution in [3.05, 3.63) is 0 Å². The van der Waals surface area contributed by atoms with Gasteiger partial charge in [-0.1, -0.05) is 39.9 Å². The number of carbonyl (C=O) groups is 1. The quantitative estimate of drug-likeness (QED) is 0.639. The van der Waals surface area contributed by atoms with E-state index < -0.39 is 0 Å². The van der Waals surface area contributed by atoms with Gasteiger partial charge in [-0.2, -0.15) is 0 Å². The summed E-state index contributed by atoms with van der Waals surface area (Å²) >= 11 is 4.92. The summed E-state index contributed by atoms with van der Waals surface area (Å²) < 4.78 is 0. The molecule has 17 heavy (non-hydrogen) atoms. The van der Waals surface area contributed by atoms with Gasteiger partial charge in [-0.3, -0.25) is 4.79 Å². The van der Waals surface area contributed by atoms with Crippen molar-refractivity contribution in [2.24, 2.45) is 17.6 Å². The first-order chi connectivity index (χ1) is 7.93. The highest BCUT2D eigenvalue weighted by molar-refractivity contribution is 7.80. The van der Waals surface area contributed by atoms with Gasteiger partial charge in [0.15, 0.2) is 0 Å². The van der Waals surface area contributed by atoms with Crippen molar-refractivity contribution >= 4 is 23.1 Å². The molecule has 5 heteroatoms. The predicted octanol–water partition coefficient (Wildman–Crippen LogP) is 1.00. The second-order valence-electron chi connectivity index (χ2n) is 4.44. The zero-order valence-electron chi connectivity index (χ0n) is 11.3. The van der Waals surface area contributed by atoms with Crippen LogP contribution in [0.2, 0.25) is 0 Å². The van der Waals surface area contributed by atoms with Gasteiger partial charge in [0.1, 0.15) is 0 Å². The lowest BCUT2D eigenvalue weighted by atomic mass is 9.95. The molecule has 0 radical (unpaired) electrons. The van der Waals surface area contributed by atoms with Crippen molar-refractivity contribution in [3.8, 4) is 0 Å². The van der Waals surface area contributed by atoms with Crippen molar-refractivity contribution in [1.82, 2.24) is 10.2 Å². The first-order valence-corrected chi connectivity index (χ1v) is 6.64. The number of nitrogens with zero attached hydrogens (tertiary/aromatic N) is 1. The van der Waals surface area contributed by atoms with Crippen molar-refractivity contribution in [1.29, 1.82) is 0 Å². The molecule has 0 saturated carbocycles. The largest absolute Gasteiger partial charge is 0.393 e. The fraction of sp³-hybridized carbons (Fsp3) is 0.833. The minimum Gasteiger partial charge on any atom is -0.393 e. The van der Waals surface area contributed by atoms with Crippen molar-refractivity contribution < 1.29 is 4.79 Å². The molecule has 3 N–H and O–H groups in total. The van der Waals surface area contributed by atoms with Gasteiger partial charge in [-0.05, 0) is 19.0 Å². The molecule has 1 atom stereocenters. The van der Waals surface area contributed by atoms with E-state index in [1.807, 2.05) is 13.8 Å². The molecular weight excluding hydrogens is 234 g/mol. The molecular formula is C12H25N3OS. The van der Waals surface area contributed by atoms with Crippen LogP contribution in [0, 0.1) is 11.8 Å². The first kappa shape index (κ1) is 16.3. The lowest BCUT2D eigenvalue weighted by molar-refractivity contribution is -0.124. The third kappa shape index (κ3) is 5.98. The van der Waals surface area contributed by atoms with E-state index in [1.165, 1.54) is 0 Å². The average Bonchev–Trinajstić information content (AvgIpc) is 2.23. The maximum Gasteiger partial charge on any atom is 0.230 e. The van der Waals surface area contributed by atoms with Crippen LogP contribution in [0.4, 0.5) is 0 Å². The Balaban J connectivity index is 4.11. The third-order valence-electron chi connectivity index (χ3n) is 2.88. The van der Waals surface area contributed by atoms with Crippen LogP contribution in [0.1, 0.15) is 27.7 Å². The predicted molar refractivity (Wildman–Crippen MR) is 75.9 cm³/mol. The summed E-state index contributed by atoms with van der Waals surface area (Å²) in [5.74, 6) is -0.276. The molecule has 4 nitrogen and oxygen atoms in total. The van der Waals surface area contributed by atoms with Crippen LogP contribution in [-0.2, 0) is 4.79 Å². The van der Waals surface area contributed by atoms with Crippen LogP contribution in [0.25, 0.3) is 0 Å². The highest BCUT2D eigenvalue weighted by Crippen LogP contribution is 2.11. The Kier molecular flexibility index (Phi) is 8.08. The standard InChI is InChI=1S/C12H25N3OS/c1-5-15(6-2)8-7-14-12(16)10(9(3)4)11(13)17/h9-10H,5-8H2,1-4H3,(H2,13,17)(H,14,16). The molecule has 100 valence electrons. The molecule has 0 aliphatic rings. The first-order valence-electron chi connectivity index (χ1n) is 6.23. The van der Waals surface area contributed by atoms with Crippen LogP contribution in [0.15, 0.2) is 0 Å². The van der Waals surface area contributed by atoms with Crippen molar-refractivity contribution in [2.45, 2.75) is 27.7 Å². The summed E-state index contributed by atoms with van der Waals surface area (Å²) in [5.41, 5.74) is 5.58. The Morgan fingerprint density at radius 3 is 2.24 bits per heavy atom. The zero-order chi connectivity index (χ0) is 13.4. The number of amides is 1. The zero-order valence-corrected chi connectivity index (χ0v) is 12.1. The minimum atomic E-state index is -0.360. The molecule has 0 saturated heterocycles. The van der Waals surface area contributed by atoms with Gasteiger partial charge in [0, 0.05) is 13.1 Å². The Labute approximate surface area is 110 Å². The monoisotopic (exact) mass is 259 g/mol. The lowest BCUT2D eigenvalue weighted by Crippen LogP contribution is -2.43. The number of likely N-dealkylation sites (N-methyl/N-ethyl adjacent to an activating group) is 1. The Hall–Kier alpha value is -0.680. The topological polar surface area (TPSA) is 58.4 Å². The van der Waals surface area contributed by atoms with Gasteiger partial charge in [0.2, 0.25) is 5.91 Å². The van der Waals surface area contributed by atoms with Gasteiger partial charge in [0.25, 0.3) is 0 Å². The molecule has 0 heterocycles. The van der Waals surface area contributed by atoms with Gasteiger partial charge in [-0.15, -0.1) is 0 Å². The Morgan fingerprint density at radius 2 is 1.88 bits per heavy atom. The summed E-state index contributed by atoms with van der Waals surface area (Å²) in [6, 6.07) is 0. The van der Waals surface area contributed by atoms with Gasteiger partial charge >= 0.3 is 0 Å². The van der Waals surface area contributed by atoms with E-state index >= 15 is 0 Å². The highest BCUT2D eigenvalue weighted by Gasteiger charge is 2.24.